The number of rotatable bonds is 3. The number of hydrogen-bond acceptors (Lipinski definition) is 4. The van der Waals surface area contributed by atoms with E-state index in [9.17, 15) is 0 Å². The molecule has 0 radical (unpaired) electrons. The Bertz CT molecular complexity index is 462. The summed E-state index contributed by atoms with van der Waals surface area (Å²) in [6, 6.07) is 4.05. The Morgan fingerprint density at radius 1 is 1.45 bits per heavy atom. The van der Waals surface area contributed by atoms with Crippen LogP contribution in [0.4, 0.5) is 0 Å². The van der Waals surface area contributed by atoms with Gasteiger partial charge in [0.2, 0.25) is 0 Å². The molecule has 2 aliphatic rings. The highest BCUT2D eigenvalue weighted by atomic mass is 79.9. The fourth-order valence-corrected chi connectivity index (χ4v) is 4.28. The van der Waals surface area contributed by atoms with Crippen LogP contribution < -0.4 is 11.3 Å². The summed E-state index contributed by atoms with van der Waals surface area (Å²) in [6.45, 7) is 0.841. The van der Waals surface area contributed by atoms with Gasteiger partial charge in [0.05, 0.1) is 17.3 Å². The van der Waals surface area contributed by atoms with Crippen molar-refractivity contribution in [1.82, 2.24) is 10.4 Å². The lowest BCUT2D eigenvalue weighted by atomic mass is 9.80. The van der Waals surface area contributed by atoms with Crippen LogP contribution in [-0.4, -0.2) is 17.2 Å². The average Bonchev–Trinajstić information content (AvgIpc) is 2.90. The molecule has 1 spiro atoms. The van der Waals surface area contributed by atoms with Crippen molar-refractivity contribution in [2.75, 3.05) is 6.61 Å². The normalized spacial score (nSPS) is 26.8. The maximum absolute atomic E-state index is 6.12. The first-order valence-corrected chi connectivity index (χ1v) is 8.24. The van der Waals surface area contributed by atoms with Crippen molar-refractivity contribution in [1.29, 1.82) is 0 Å². The molecule has 0 bridgehead atoms. The van der Waals surface area contributed by atoms with E-state index in [0.29, 0.717) is 5.92 Å². The summed E-state index contributed by atoms with van der Waals surface area (Å²) in [5.41, 5.74) is 4.11. The number of halogens is 1. The lowest BCUT2D eigenvalue weighted by Crippen LogP contribution is -2.43. The van der Waals surface area contributed by atoms with Gasteiger partial charge in [-0.05, 0) is 59.7 Å². The van der Waals surface area contributed by atoms with Crippen LogP contribution >= 0.6 is 15.9 Å². The molecule has 4 nitrogen and oxygen atoms in total. The van der Waals surface area contributed by atoms with Crippen LogP contribution in [0.3, 0.4) is 0 Å². The lowest BCUT2D eigenvalue weighted by molar-refractivity contribution is -0.0984. The first kappa shape index (κ1) is 14.4. The number of pyridine rings is 1. The van der Waals surface area contributed by atoms with Crippen molar-refractivity contribution < 1.29 is 4.74 Å². The molecule has 1 aliphatic carbocycles. The van der Waals surface area contributed by atoms with Crippen molar-refractivity contribution in [2.24, 2.45) is 11.8 Å². The summed E-state index contributed by atoms with van der Waals surface area (Å²) < 4.78 is 7.14. The zero-order valence-electron chi connectivity index (χ0n) is 11.6. The molecule has 2 heterocycles. The van der Waals surface area contributed by atoms with E-state index in [-0.39, 0.29) is 11.6 Å². The van der Waals surface area contributed by atoms with E-state index in [4.69, 9.17) is 10.6 Å². The zero-order valence-corrected chi connectivity index (χ0v) is 13.2. The number of nitrogens with two attached hydrogens (primary N) is 1. The molecule has 1 aromatic heterocycles. The fraction of sp³-hybridized carbons (Fsp3) is 0.667. The van der Waals surface area contributed by atoms with Crippen molar-refractivity contribution in [3.05, 3.63) is 28.5 Å². The minimum absolute atomic E-state index is 0.0898. The second-order valence-corrected chi connectivity index (χ2v) is 6.86. The molecule has 2 atom stereocenters. The number of hydrogen-bond donors (Lipinski definition) is 2. The summed E-state index contributed by atoms with van der Waals surface area (Å²) in [4.78, 5) is 4.51. The summed E-state index contributed by atoms with van der Waals surface area (Å²) >= 11 is 3.59. The van der Waals surface area contributed by atoms with Gasteiger partial charge in [-0.2, -0.15) is 0 Å². The van der Waals surface area contributed by atoms with Crippen LogP contribution in [0.1, 0.15) is 50.3 Å². The number of ether oxygens (including phenoxy) is 1. The lowest BCUT2D eigenvalue weighted by Gasteiger charge is -2.41. The Labute approximate surface area is 128 Å². The molecule has 1 aromatic rings. The Hall–Kier alpha value is -0.490. The number of hydrazine groups is 1. The van der Waals surface area contributed by atoms with Gasteiger partial charge in [-0.3, -0.25) is 16.3 Å². The van der Waals surface area contributed by atoms with Crippen molar-refractivity contribution in [2.45, 2.75) is 50.2 Å². The predicted octanol–water partition coefficient (Wildman–Crippen LogP) is 3.09. The molecule has 5 heteroatoms. The summed E-state index contributed by atoms with van der Waals surface area (Å²) in [6.07, 6.45) is 8.94. The molecular weight excluding hydrogens is 318 g/mol. The molecule has 3 N–H and O–H groups in total. The Morgan fingerprint density at radius 3 is 2.95 bits per heavy atom. The highest BCUT2D eigenvalue weighted by Crippen LogP contribution is 2.45. The third-order valence-electron chi connectivity index (χ3n) is 4.78. The molecule has 20 heavy (non-hydrogen) atoms. The predicted molar refractivity (Wildman–Crippen MR) is 81.9 cm³/mol. The monoisotopic (exact) mass is 339 g/mol. The van der Waals surface area contributed by atoms with Gasteiger partial charge in [-0.15, -0.1) is 0 Å². The van der Waals surface area contributed by atoms with Gasteiger partial charge in [0.15, 0.2) is 0 Å². The Balaban J connectivity index is 1.81. The SMILES string of the molecule is NNC(c1ncccc1Br)C1CCOC2(CCCC2)C1. The van der Waals surface area contributed by atoms with Crippen molar-refractivity contribution >= 4 is 15.9 Å². The largest absolute Gasteiger partial charge is 0.375 e. The van der Waals surface area contributed by atoms with Gasteiger partial charge < -0.3 is 4.74 Å². The van der Waals surface area contributed by atoms with E-state index < -0.39 is 0 Å². The molecule has 2 unspecified atom stereocenters. The number of nitrogens with zero attached hydrogens (tertiary/aromatic N) is 1. The van der Waals surface area contributed by atoms with E-state index in [1.54, 1.807) is 0 Å². The van der Waals surface area contributed by atoms with E-state index in [1.807, 2.05) is 18.3 Å². The Kier molecular flexibility index (Phi) is 4.40. The van der Waals surface area contributed by atoms with Crippen molar-refractivity contribution in [3.63, 3.8) is 0 Å². The average molecular weight is 340 g/mol. The molecule has 0 aromatic carbocycles. The topological polar surface area (TPSA) is 60.2 Å². The van der Waals surface area contributed by atoms with E-state index >= 15 is 0 Å². The molecule has 110 valence electrons. The zero-order chi connectivity index (χ0) is 14.0. The Morgan fingerprint density at radius 2 is 2.25 bits per heavy atom. The van der Waals surface area contributed by atoms with Crippen LogP contribution in [0.2, 0.25) is 0 Å². The number of aromatic nitrogens is 1. The standard InChI is InChI=1S/C15H22BrN3O/c16-12-4-3-8-18-14(12)13(19-17)11-5-9-20-15(10-11)6-1-2-7-15/h3-4,8,11,13,19H,1-2,5-7,9-10,17H2. The maximum Gasteiger partial charge on any atom is 0.0731 e. The number of nitrogens with one attached hydrogen (secondary N) is 1. The van der Waals surface area contributed by atoms with Gasteiger partial charge in [0.25, 0.3) is 0 Å². The second kappa shape index (κ2) is 6.10. The van der Waals surface area contributed by atoms with Crippen LogP contribution in [-0.2, 0) is 4.74 Å². The fourth-order valence-electron chi connectivity index (χ4n) is 3.78. The third-order valence-corrected chi connectivity index (χ3v) is 5.45. The van der Waals surface area contributed by atoms with Crippen LogP contribution in [0.5, 0.6) is 0 Å². The molecule has 3 rings (SSSR count). The second-order valence-electron chi connectivity index (χ2n) is 6.01. The summed E-state index contributed by atoms with van der Waals surface area (Å²) in [5, 5.41) is 0. The van der Waals surface area contributed by atoms with Gasteiger partial charge in [-0.25, -0.2) is 0 Å². The highest BCUT2D eigenvalue weighted by Gasteiger charge is 2.42. The van der Waals surface area contributed by atoms with E-state index in [0.717, 1.165) is 29.6 Å². The first-order valence-electron chi connectivity index (χ1n) is 7.45. The first-order chi connectivity index (χ1) is 9.74. The molecule has 1 saturated heterocycles. The van der Waals surface area contributed by atoms with Crippen LogP contribution in [0, 0.1) is 5.92 Å². The van der Waals surface area contributed by atoms with Gasteiger partial charge in [0, 0.05) is 17.3 Å². The van der Waals surface area contributed by atoms with Gasteiger partial charge in [0.1, 0.15) is 0 Å². The minimum atomic E-state index is 0.0898. The van der Waals surface area contributed by atoms with Crippen LogP contribution in [0.25, 0.3) is 0 Å². The quantitative estimate of drug-likeness (QED) is 0.656. The minimum Gasteiger partial charge on any atom is -0.375 e. The van der Waals surface area contributed by atoms with Crippen LogP contribution in [0.15, 0.2) is 22.8 Å². The van der Waals surface area contributed by atoms with Crippen molar-refractivity contribution in [3.8, 4) is 0 Å². The summed E-state index contributed by atoms with van der Waals surface area (Å²) in [7, 11) is 0. The molecule has 0 amide bonds. The molecule has 1 saturated carbocycles. The van der Waals surface area contributed by atoms with Gasteiger partial charge >= 0.3 is 0 Å². The third kappa shape index (κ3) is 2.77. The highest BCUT2D eigenvalue weighted by molar-refractivity contribution is 9.10. The smallest absolute Gasteiger partial charge is 0.0731 e. The summed E-state index contributed by atoms with van der Waals surface area (Å²) in [5.74, 6) is 6.32. The van der Waals surface area contributed by atoms with E-state index in [2.05, 4.69) is 26.3 Å². The van der Waals surface area contributed by atoms with Gasteiger partial charge in [-0.1, -0.05) is 12.8 Å². The molecule has 1 aliphatic heterocycles. The molecular formula is C15H22BrN3O. The van der Waals surface area contributed by atoms with E-state index in [1.165, 1.54) is 25.7 Å². The molecule has 2 fully saturated rings. The maximum atomic E-state index is 6.12.